The molecule has 0 heterocycles. The van der Waals surface area contributed by atoms with Crippen molar-refractivity contribution in [1.29, 1.82) is 0 Å². The van der Waals surface area contributed by atoms with Gasteiger partial charge in [0.2, 0.25) is 0 Å². The molecule has 0 saturated carbocycles. The molecule has 1 amide bonds. The summed E-state index contributed by atoms with van der Waals surface area (Å²) in [5.74, 6) is -4.71. The van der Waals surface area contributed by atoms with Crippen LogP contribution >= 0.6 is 15.9 Å². The summed E-state index contributed by atoms with van der Waals surface area (Å²) < 4.78 is 30.8. The SMILES string of the molecule is CCOC(=O)C(=O)Nc1cc(Br)cc(F)c1F. The van der Waals surface area contributed by atoms with E-state index in [9.17, 15) is 18.4 Å². The van der Waals surface area contributed by atoms with Crippen LogP contribution in [-0.2, 0) is 14.3 Å². The number of anilines is 1. The maximum Gasteiger partial charge on any atom is 0.397 e. The summed E-state index contributed by atoms with van der Waals surface area (Å²) in [7, 11) is 0. The number of benzene rings is 1. The number of carbonyl (C=O) groups excluding carboxylic acids is 2. The van der Waals surface area contributed by atoms with E-state index >= 15 is 0 Å². The first-order chi connectivity index (χ1) is 7.95. The first-order valence-electron chi connectivity index (χ1n) is 4.58. The van der Waals surface area contributed by atoms with Gasteiger partial charge in [-0.15, -0.1) is 0 Å². The summed E-state index contributed by atoms with van der Waals surface area (Å²) in [5.41, 5.74) is -0.435. The Hall–Kier alpha value is -1.50. The molecule has 7 heteroatoms. The molecule has 0 aromatic heterocycles. The van der Waals surface area contributed by atoms with Gasteiger partial charge >= 0.3 is 11.9 Å². The van der Waals surface area contributed by atoms with Gasteiger partial charge in [-0.3, -0.25) is 4.79 Å². The highest BCUT2D eigenvalue weighted by Gasteiger charge is 2.18. The smallest absolute Gasteiger partial charge is 0.397 e. The highest BCUT2D eigenvalue weighted by molar-refractivity contribution is 9.10. The number of halogens is 3. The molecule has 17 heavy (non-hydrogen) atoms. The summed E-state index contributed by atoms with van der Waals surface area (Å²) in [6.07, 6.45) is 0. The molecule has 0 radical (unpaired) electrons. The molecule has 4 nitrogen and oxygen atoms in total. The van der Waals surface area contributed by atoms with Crippen LogP contribution < -0.4 is 5.32 Å². The summed E-state index contributed by atoms with van der Waals surface area (Å²) in [5, 5.41) is 1.92. The molecular formula is C10H8BrF2NO3. The topological polar surface area (TPSA) is 55.4 Å². The molecule has 0 unspecified atom stereocenters. The van der Waals surface area contributed by atoms with Crippen LogP contribution in [0.2, 0.25) is 0 Å². The molecule has 0 bridgehead atoms. The standard InChI is InChI=1S/C10H8BrF2NO3/c1-2-17-10(16)9(15)14-7-4-5(11)3-6(12)8(7)13/h3-4H,2H2,1H3,(H,14,15). The Morgan fingerprint density at radius 2 is 2.06 bits per heavy atom. The van der Waals surface area contributed by atoms with Crippen LogP contribution in [0.5, 0.6) is 0 Å². The fraction of sp³-hybridized carbons (Fsp3) is 0.200. The van der Waals surface area contributed by atoms with Gasteiger partial charge in [0.25, 0.3) is 0 Å². The molecule has 92 valence electrons. The molecule has 0 aliphatic rings. The highest BCUT2D eigenvalue weighted by atomic mass is 79.9. The van der Waals surface area contributed by atoms with Gasteiger partial charge in [0.1, 0.15) is 0 Å². The fourth-order valence-corrected chi connectivity index (χ4v) is 1.45. The Morgan fingerprint density at radius 3 is 2.65 bits per heavy atom. The van der Waals surface area contributed by atoms with E-state index in [1.165, 1.54) is 6.92 Å². The Morgan fingerprint density at radius 1 is 1.41 bits per heavy atom. The van der Waals surface area contributed by atoms with Gasteiger partial charge in [-0.1, -0.05) is 15.9 Å². The van der Waals surface area contributed by atoms with Crippen molar-refractivity contribution >= 4 is 33.5 Å². The third-order valence-corrected chi connectivity index (χ3v) is 2.16. The third-order valence-electron chi connectivity index (χ3n) is 1.70. The maximum absolute atomic E-state index is 13.2. The zero-order valence-corrected chi connectivity index (χ0v) is 10.3. The zero-order valence-electron chi connectivity index (χ0n) is 8.72. The Balaban J connectivity index is 2.88. The number of ether oxygens (including phenoxy) is 1. The molecule has 1 rings (SSSR count). The monoisotopic (exact) mass is 307 g/mol. The summed E-state index contributed by atoms with van der Waals surface area (Å²) in [6, 6.07) is 2.03. The molecular weight excluding hydrogens is 300 g/mol. The number of esters is 1. The lowest BCUT2D eigenvalue weighted by Gasteiger charge is -2.06. The summed E-state index contributed by atoms with van der Waals surface area (Å²) in [4.78, 5) is 22.2. The minimum atomic E-state index is -1.24. The molecule has 1 N–H and O–H groups in total. The van der Waals surface area contributed by atoms with Gasteiger partial charge in [0.05, 0.1) is 12.3 Å². The largest absolute Gasteiger partial charge is 0.459 e. The molecule has 1 aromatic carbocycles. The minimum absolute atomic E-state index is 0.0155. The van der Waals surface area contributed by atoms with E-state index in [0.717, 1.165) is 12.1 Å². The highest BCUT2D eigenvalue weighted by Crippen LogP contribution is 2.23. The van der Waals surface area contributed by atoms with E-state index in [0.29, 0.717) is 0 Å². The zero-order chi connectivity index (χ0) is 13.0. The van der Waals surface area contributed by atoms with Crippen LogP contribution in [0.25, 0.3) is 0 Å². The number of amides is 1. The van der Waals surface area contributed by atoms with Crippen molar-refractivity contribution in [2.45, 2.75) is 6.92 Å². The predicted octanol–water partition coefficient (Wildman–Crippen LogP) is 2.23. The van der Waals surface area contributed by atoms with E-state index in [-0.39, 0.29) is 11.1 Å². The van der Waals surface area contributed by atoms with E-state index < -0.39 is 29.2 Å². The van der Waals surface area contributed by atoms with Crippen LogP contribution in [0, 0.1) is 11.6 Å². The third kappa shape index (κ3) is 3.48. The second-order valence-corrected chi connectivity index (χ2v) is 3.84. The molecule has 1 aromatic rings. The second-order valence-electron chi connectivity index (χ2n) is 2.92. The van der Waals surface area contributed by atoms with Gasteiger partial charge < -0.3 is 10.1 Å². The molecule has 0 atom stereocenters. The first-order valence-corrected chi connectivity index (χ1v) is 5.37. The number of hydrogen-bond acceptors (Lipinski definition) is 3. The lowest BCUT2D eigenvalue weighted by molar-refractivity contribution is -0.152. The van der Waals surface area contributed by atoms with Crippen molar-refractivity contribution < 1.29 is 23.1 Å². The van der Waals surface area contributed by atoms with Gasteiger partial charge in [-0.05, 0) is 19.1 Å². The lowest BCUT2D eigenvalue weighted by atomic mass is 10.3. The van der Waals surface area contributed by atoms with Crippen LogP contribution in [0.4, 0.5) is 14.5 Å². The van der Waals surface area contributed by atoms with Crippen LogP contribution in [-0.4, -0.2) is 18.5 Å². The quantitative estimate of drug-likeness (QED) is 0.518. The first kappa shape index (κ1) is 13.6. The fourth-order valence-electron chi connectivity index (χ4n) is 1.02. The van der Waals surface area contributed by atoms with Gasteiger partial charge in [-0.2, -0.15) is 0 Å². The van der Waals surface area contributed by atoms with E-state index in [2.05, 4.69) is 20.7 Å². The summed E-state index contributed by atoms with van der Waals surface area (Å²) >= 11 is 2.93. The van der Waals surface area contributed by atoms with Crippen molar-refractivity contribution in [3.05, 3.63) is 28.2 Å². The Kier molecular flexibility index (Phi) is 4.56. The molecule has 0 aliphatic heterocycles. The van der Waals surface area contributed by atoms with Crippen molar-refractivity contribution in [2.24, 2.45) is 0 Å². The van der Waals surface area contributed by atoms with Crippen LogP contribution in [0.15, 0.2) is 16.6 Å². The van der Waals surface area contributed by atoms with Crippen molar-refractivity contribution in [1.82, 2.24) is 0 Å². The number of nitrogens with one attached hydrogen (secondary N) is 1. The van der Waals surface area contributed by atoms with Gasteiger partial charge in [0.15, 0.2) is 11.6 Å². The second kappa shape index (κ2) is 5.72. The average molecular weight is 308 g/mol. The van der Waals surface area contributed by atoms with E-state index in [4.69, 9.17) is 0 Å². The normalized spacial score (nSPS) is 9.88. The van der Waals surface area contributed by atoms with Crippen LogP contribution in [0.3, 0.4) is 0 Å². The van der Waals surface area contributed by atoms with E-state index in [1.54, 1.807) is 0 Å². The lowest BCUT2D eigenvalue weighted by Crippen LogP contribution is -2.25. The Bertz CT molecular complexity index is 465. The number of carbonyl (C=O) groups is 2. The average Bonchev–Trinajstić information content (AvgIpc) is 2.25. The number of hydrogen-bond donors (Lipinski definition) is 1. The minimum Gasteiger partial charge on any atom is -0.459 e. The molecule has 0 spiro atoms. The predicted molar refractivity (Wildman–Crippen MR) is 59.3 cm³/mol. The van der Waals surface area contributed by atoms with Gasteiger partial charge in [-0.25, -0.2) is 13.6 Å². The van der Waals surface area contributed by atoms with E-state index in [1.807, 2.05) is 5.32 Å². The van der Waals surface area contributed by atoms with Crippen molar-refractivity contribution in [2.75, 3.05) is 11.9 Å². The Labute approximate surface area is 104 Å². The van der Waals surface area contributed by atoms with Crippen molar-refractivity contribution in [3.8, 4) is 0 Å². The molecule has 0 saturated heterocycles. The van der Waals surface area contributed by atoms with Crippen molar-refractivity contribution in [3.63, 3.8) is 0 Å². The number of rotatable bonds is 2. The maximum atomic E-state index is 13.2. The van der Waals surface area contributed by atoms with Gasteiger partial charge in [0, 0.05) is 4.47 Å². The van der Waals surface area contributed by atoms with Crippen LogP contribution in [0.1, 0.15) is 6.92 Å². The molecule has 0 fully saturated rings. The molecule has 0 aliphatic carbocycles. The summed E-state index contributed by atoms with van der Waals surface area (Å²) in [6.45, 7) is 1.53.